The monoisotopic (exact) mass is 516 g/mol. The van der Waals surface area contributed by atoms with Crippen molar-refractivity contribution in [2.45, 2.75) is 31.9 Å². The van der Waals surface area contributed by atoms with Crippen LogP contribution in [-0.4, -0.2) is 25.2 Å². The van der Waals surface area contributed by atoms with Gasteiger partial charge in [0, 0.05) is 17.3 Å². The van der Waals surface area contributed by atoms with Gasteiger partial charge in [0.25, 0.3) is 0 Å². The molecule has 2 N–H and O–H groups in total. The molecule has 0 bridgehead atoms. The van der Waals surface area contributed by atoms with E-state index in [1.54, 1.807) is 35.0 Å². The van der Waals surface area contributed by atoms with E-state index < -0.39 is 17.8 Å². The third-order valence-electron chi connectivity index (χ3n) is 6.62. The zero-order chi connectivity index (χ0) is 26.3. The van der Waals surface area contributed by atoms with Crippen LogP contribution in [0.25, 0.3) is 22.6 Å². The van der Waals surface area contributed by atoms with Crippen LogP contribution in [-0.2, 0) is 19.0 Å². The first-order chi connectivity index (χ1) is 18.4. The minimum atomic E-state index is -4.61. The maximum absolute atomic E-state index is 13.8. The van der Waals surface area contributed by atoms with Crippen molar-refractivity contribution < 1.29 is 18.0 Å². The van der Waals surface area contributed by atoms with Gasteiger partial charge in [0.2, 0.25) is 0 Å². The molecule has 192 valence electrons. The lowest BCUT2D eigenvalue weighted by Crippen LogP contribution is -2.23. The van der Waals surface area contributed by atoms with E-state index in [1.165, 1.54) is 16.7 Å². The zero-order valence-corrected chi connectivity index (χ0v) is 20.2. The number of para-hydroxylation sites is 1. The molecule has 0 aliphatic heterocycles. The van der Waals surface area contributed by atoms with Crippen LogP contribution >= 0.6 is 0 Å². The fourth-order valence-corrected chi connectivity index (χ4v) is 4.89. The molecule has 3 aromatic heterocycles. The van der Waals surface area contributed by atoms with Crippen LogP contribution in [0.1, 0.15) is 29.7 Å². The van der Waals surface area contributed by atoms with Crippen molar-refractivity contribution in [2.24, 2.45) is 0 Å². The van der Waals surface area contributed by atoms with Crippen molar-refractivity contribution in [3.05, 3.63) is 95.8 Å². The van der Waals surface area contributed by atoms with E-state index in [0.717, 1.165) is 48.7 Å². The number of urea groups is 1. The Bertz CT molecular complexity index is 1620. The number of pyridine rings is 1. The predicted octanol–water partition coefficient (Wildman–Crippen LogP) is 6.73. The van der Waals surface area contributed by atoms with Gasteiger partial charge in [0.15, 0.2) is 5.65 Å². The smallest absolute Gasteiger partial charge is 0.292 e. The minimum absolute atomic E-state index is 0.134. The molecule has 2 amide bonds. The van der Waals surface area contributed by atoms with Crippen molar-refractivity contribution in [2.75, 3.05) is 10.6 Å². The molecule has 6 rings (SSSR count). The first-order valence-corrected chi connectivity index (χ1v) is 12.3. The van der Waals surface area contributed by atoms with Crippen LogP contribution in [0.5, 0.6) is 0 Å². The summed E-state index contributed by atoms with van der Waals surface area (Å²) in [5, 5.41) is 10.5. The lowest BCUT2D eigenvalue weighted by Gasteiger charge is -2.14. The molecule has 38 heavy (non-hydrogen) atoms. The maximum atomic E-state index is 13.8. The summed E-state index contributed by atoms with van der Waals surface area (Å²) < 4.78 is 44.3. The lowest BCUT2D eigenvalue weighted by atomic mass is 9.97. The SMILES string of the molecule is O=C(Nc1c2c(nn1-c1ccccc1)CCCC2)Nc1c(-c2ccccc2)nc2c(C(F)(F)F)cccn12. The van der Waals surface area contributed by atoms with E-state index in [4.69, 9.17) is 5.10 Å². The Kier molecular flexibility index (Phi) is 5.86. The number of benzene rings is 2. The quantitative estimate of drug-likeness (QED) is 0.278. The Morgan fingerprint density at radius 2 is 1.53 bits per heavy atom. The fourth-order valence-electron chi connectivity index (χ4n) is 4.89. The molecule has 5 aromatic rings. The summed E-state index contributed by atoms with van der Waals surface area (Å²) in [5.41, 5.74) is 2.33. The van der Waals surface area contributed by atoms with Crippen molar-refractivity contribution in [3.63, 3.8) is 0 Å². The fraction of sp³-hybridized carbons (Fsp3) is 0.179. The number of aryl methyl sites for hydroxylation is 1. The van der Waals surface area contributed by atoms with E-state index in [0.29, 0.717) is 11.4 Å². The number of nitrogens with zero attached hydrogens (tertiary/aromatic N) is 4. The molecule has 0 spiro atoms. The molecule has 2 aromatic carbocycles. The van der Waals surface area contributed by atoms with Crippen molar-refractivity contribution in [3.8, 4) is 16.9 Å². The van der Waals surface area contributed by atoms with E-state index in [9.17, 15) is 18.0 Å². The van der Waals surface area contributed by atoms with Crippen LogP contribution in [0, 0.1) is 0 Å². The summed E-state index contributed by atoms with van der Waals surface area (Å²) in [7, 11) is 0. The number of anilines is 2. The van der Waals surface area contributed by atoms with Gasteiger partial charge in [-0.05, 0) is 49.9 Å². The van der Waals surface area contributed by atoms with Crippen LogP contribution in [0.4, 0.5) is 29.6 Å². The standard InChI is InChI=1S/C28H23F3N6O/c29-28(30,31)21-15-9-17-36-25(21)32-23(18-10-3-1-4-11-18)26(36)34-27(38)33-24-20-14-7-8-16-22(20)35-37(24)19-12-5-2-6-13-19/h1-6,9-13,15,17H,7-8,14,16H2,(H2,33,34,38). The Hall–Kier alpha value is -4.60. The van der Waals surface area contributed by atoms with Crippen LogP contribution in [0.2, 0.25) is 0 Å². The van der Waals surface area contributed by atoms with Crippen molar-refractivity contribution in [1.29, 1.82) is 0 Å². The number of amides is 2. The highest BCUT2D eigenvalue weighted by molar-refractivity contribution is 6.02. The molecule has 0 saturated heterocycles. The Morgan fingerprint density at radius 1 is 0.842 bits per heavy atom. The van der Waals surface area contributed by atoms with Gasteiger partial charge in [0.05, 0.1) is 16.9 Å². The highest BCUT2D eigenvalue weighted by Crippen LogP contribution is 2.37. The van der Waals surface area contributed by atoms with Gasteiger partial charge in [-0.25, -0.2) is 14.5 Å². The number of nitrogens with one attached hydrogen (secondary N) is 2. The molecule has 0 radical (unpaired) electrons. The molecule has 0 saturated carbocycles. The maximum Gasteiger partial charge on any atom is 0.419 e. The Balaban J connectivity index is 1.42. The molecule has 1 aliphatic carbocycles. The van der Waals surface area contributed by atoms with Gasteiger partial charge in [-0.15, -0.1) is 0 Å². The predicted molar refractivity (Wildman–Crippen MR) is 138 cm³/mol. The number of alkyl halides is 3. The van der Waals surface area contributed by atoms with Gasteiger partial charge >= 0.3 is 12.2 Å². The van der Waals surface area contributed by atoms with Crippen LogP contribution < -0.4 is 10.6 Å². The highest BCUT2D eigenvalue weighted by atomic mass is 19.4. The first kappa shape index (κ1) is 23.8. The third kappa shape index (κ3) is 4.27. The van der Waals surface area contributed by atoms with E-state index >= 15 is 0 Å². The zero-order valence-electron chi connectivity index (χ0n) is 20.2. The molecule has 0 fully saturated rings. The minimum Gasteiger partial charge on any atom is -0.292 e. The van der Waals surface area contributed by atoms with E-state index in [1.807, 2.05) is 30.3 Å². The average molecular weight is 517 g/mol. The summed E-state index contributed by atoms with van der Waals surface area (Å²) in [6, 6.07) is 19.9. The number of aromatic nitrogens is 4. The normalized spacial score (nSPS) is 13.3. The summed E-state index contributed by atoms with van der Waals surface area (Å²) in [6.07, 6.45) is 0.441. The number of hydrogen-bond acceptors (Lipinski definition) is 3. The van der Waals surface area contributed by atoms with Crippen molar-refractivity contribution >= 4 is 23.3 Å². The molecular weight excluding hydrogens is 493 g/mol. The second kappa shape index (κ2) is 9.37. The van der Waals surface area contributed by atoms with Gasteiger partial charge in [-0.1, -0.05) is 48.5 Å². The Morgan fingerprint density at radius 3 is 2.26 bits per heavy atom. The van der Waals surface area contributed by atoms with Gasteiger partial charge < -0.3 is 0 Å². The molecule has 3 heterocycles. The number of hydrogen-bond donors (Lipinski definition) is 2. The first-order valence-electron chi connectivity index (χ1n) is 12.3. The second-order valence-electron chi connectivity index (χ2n) is 9.10. The summed E-state index contributed by atoms with van der Waals surface area (Å²) in [4.78, 5) is 17.7. The summed E-state index contributed by atoms with van der Waals surface area (Å²) >= 11 is 0. The number of carbonyl (C=O) groups is 1. The molecule has 10 heteroatoms. The number of imidazole rings is 1. The topological polar surface area (TPSA) is 76.2 Å². The summed E-state index contributed by atoms with van der Waals surface area (Å²) in [5.74, 6) is 0.684. The van der Waals surface area contributed by atoms with Gasteiger partial charge in [-0.3, -0.25) is 15.0 Å². The van der Waals surface area contributed by atoms with Gasteiger partial charge in [-0.2, -0.15) is 18.3 Å². The largest absolute Gasteiger partial charge is 0.419 e. The molecular formula is C28H23F3N6O. The number of fused-ring (bicyclic) bond motifs is 2. The summed E-state index contributed by atoms with van der Waals surface area (Å²) in [6.45, 7) is 0. The number of rotatable bonds is 4. The highest BCUT2D eigenvalue weighted by Gasteiger charge is 2.35. The average Bonchev–Trinajstić information content (AvgIpc) is 3.48. The number of halogens is 3. The lowest BCUT2D eigenvalue weighted by molar-refractivity contribution is -0.136. The van der Waals surface area contributed by atoms with Crippen LogP contribution in [0.3, 0.4) is 0 Å². The molecule has 1 aliphatic rings. The third-order valence-corrected chi connectivity index (χ3v) is 6.62. The van der Waals surface area contributed by atoms with E-state index in [2.05, 4.69) is 15.6 Å². The molecule has 7 nitrogen and oxygen atoms in total. The van der Waals surface area contributed by atoms with Gasteiger partial charge in [0.1, 0.15) is 17.3 Å². The molecule has 0 unspecified atom stereocenters. The second-order valence-corrected chi connectivity index (χ2v) is 9.10. The number of carbonyl (C=O) groups excluding carboxylic acids is 1. The molecule has 0 atom stereocenters. The van der Waals surface area contributed by atoms with Crippen molar-refractivity contribution in [1.82, 2.24) is 19.2 Å². The van der Waals surface area contributed by atoms with E-state index in [-0.39, 0.29) is 17.2 Å². The van der Waals surface area contributed by atoms with Crippen LogP contribution in [0.15, 0.2) is 79.0 Å². The Labute approximate surface area is 215 Å².